The van der Waals surface area contributed by atoms with Crippen LogP contribution in [0.25, 0.3) is 0 Å². The fourth-order valence-electron chi connectivity index (χ4n) is 2.74. The molecule has 1 unspecified atom stereocenters. The minimum atomic E-state index is 0.146. The van der Waals surface area contributed by atoms with Crippen molar-refractivity contribution in [2.24, 2.45) is 5.73 Å². The number of benzene rings is 2. The highest BCUT2D eigenvalue weighted by Gasteiger charge is 2.19. The standard InChI is InChI=1S/C20H28N2O/c1-3-4-14-23-20-13-9-8-12-18(20)19(15-21)22(2)16-17-10-6-5-7-11-17/h5-13,19H,3-4,14-16,21H2,1-2H3. The molecule has 23 heavy (non-hydrogen) atoms. The molecule has 1 atom stereocenters. The summed E-state index contributed by atoms with van der Waals surface area (Å²) in [5.74, 6) is 0.955. The molecule has 2 aromatic rings. The van der Waals surface area contributed by atoms with Crippen molar-refractivity contribution in [3.8, 4) is 5.75 Å². The fraction of sp³-hybridized carbons (Fsp3) is 0.400. The molecule has 2 N–H and O–H groups in total. The van der Waals surface area contributed by atoms with Gasteiger partial charge >= 0.3 is 0 Å². The van der Waals surface area contributed by atoms with E-state index >= 15 is 0 Å². The monoisotopic (exact) mass is 312 g/mol. The highest BCUT2D eigenvalue weighted by atomic mass is 16.5. The van der Waals surface area contributed by atoms with Gasteiger partial charge in [0.1, 0.15) is 5.75 Å². The van der Waals surface area contributed by atoms with Gasteiger partial charge in [-0.25, -0.2) is 0 Å². The predicted octanol–water partition coefficient (Wildman–Crippen LogP) is 4.00. The molecule has 0 amide bonds. The van der Waals surface area contributed by atoms with E-state index in [-0.39, 0.29) is 6.04 Å². The van der Waals surface area contributed by atoms with Crippen LogP contribution in [0.4, 0.5) is 0 Å². The Labute approximate surface area is 140 Å². The molecule has 0 spiro atoms. The molecular formula is C20H28N2O. The second-order valence-corrected chi connectivity index (χ2v) is 5.89. The van der Waals surface area contributed by atoms with Gasteiger partial charge in [-0.15, -0.1) is 0 Å². The second-order valence-electron chi connectivity index (χ2n) is 5.89. The molecule has 0 fully saturated rings. The summed E-state index contributed by atoms with van der Waals surface area (Å²) in [6, 6.07) is 18.9. The first-order chi connectivity index (χ1) is 11.3. The SMILES string of the molecule is CCCCOc1ccccc1C(CN)N(C)Cc1ccccc1. The highest BCUT2D eigenvalue weighted by molar-refractivity contribution is 5.36. The number of nitrogens with zero attached hydrogens (tertiary/aromatic N) is 1. The number of hydrogen-bond acceptors (Lipinski definition) is 3. The molecule has 0 saturated heterocycles. The smallest absolute Gasteiger partial charge is 0.124 e. The fourth-order valence-corrected chi connectivity index (χ4v) is 2.74. The Kier molecular flexibility index (Phi) is 7.11. The van der Waals surface area contributed by atoms with Crippen molar-refractivity contribution in [2.75, 3.05) is 20.2 Å². The van der Waals surface area contributed by atoms with E-state index in [1.807, 2.05) is 18.2 Å². The maximum Gasteiger partial charge on any atom is 0.124 e. The zero-order valence-electron chi connectivity index (χ0n) is 14.2. The summed E-state index contributed by atoms with van der Waals surface area (Å²) in [7, 11) is 2.12. The number of ether oxygens (including phenoxy) is 1. The zero-order valence-corrected chi connectivity index (χ0v) is 14.2. The molecule has 0 heterocycles. The van der Waals surface area contributed by atoms with Crippen LogP contribution in [0.1, 0.15) is 36.9 Å². The van der Waals surface area contributed by atoms with Gasteiger partial charge < -0.3 is 10.5 Å². The Balaban J connectivity index is 2.13. The summed E-state index contributed by atoms with van der Waals surface area (Å²) in [4.78, 5) is 2.29. The van der Waals surface area contributed by atoms with Crippen LogP contribution in [-0.2, 0) is 6.54 Å². The Hall–Kier alpha value is -1.84. The van der Waals surface area contributed by atoms with E-state index in [1.54, 1.807) is 0 Å². The summed E-state index contributed by atoms with van der Waals surface area (Å²) >= 11 is 0. The first-order valence-electron chi connectivity index (χ1n) is 8.42. The van der Waals surface area contributed by atoms with Crippen LogP contribution in [0.2, 0.25) is 0 Å². The number of likely N-dealkylation sites (N-methyl/N-ethyl adjacent to an activating group) is 1. The van der Waals surface area contributed by atoms with Gasteiger partial charge in [0.2, 0.25) is 0 Å². The van der Waals surface area contributed by atoms with Crippen LogP contribution in [0, 0.1) is 0 Å². The number of unbranched alkanes of at least 4 members (excludes halogenated alkanes) is 1. The number of rotatable bonds is 9. The van der Waals surface area contributed by atoms with E-state index in [9.17, 15) is 0 Å². The largest absolute Gasteiger partial charge is 0.493 e. The maximum atomic E-state index is 6.09. The first-order valence-corrected chi connectivity index (χ1v) is 8.42. The van der Waals surface area contributed by atoms with Gasteiger partial charge in [0.05, 0.1) is 12.6 Å². The van der Waals surface area contributed by atoms with E-state index in [4.69, 9.17) is 10.5 Å². The number of nitrogens with two attached hydrogens (primary N) is 1. The molecule has 0 aliphatic rings. The van der Waals surface area contributed by atoms with E-state index in [1.165, 1.54) is 11.1 Å². The number of para-hydroxylation sites is 1. The number of hydrogen-bond donors (Lipinski definition) is 1. The van der Waals surface area contributed by atoms with Crippen molar-refractivity contribution in [1.82, 2.24) is 4.90 Å². The molecule has 0 bridgehead atoms. The van der Waals surface area contributed by atoms with Crippen molar-refractivity contribution in [1.29, 1.82) is 0 Å². The van der Waals surface area contributed by atoms with Crippen molar-refractivity contribution in [2.45, 2.75) is 32.4 Å². The van der Waals surface area contributed by atoms with Crippen LogP contribution < -0.4 is 10.5 Å². The van der Waals surface area contributed by atoms with Gasteiger partial charge in [-0.3, -0.25) is 4.90 Å². The normalized spacial score (nSPS) is 12.3. The van der Waals surface area contributed by atoms with E-state index in [0.29, 0.717) is 6.54 Å². The zero-order chi connectivity index (χ0) is 16.5. The molecule has 0 aromatic heterocycles. The summed E-state index contributed by atoms with van der Waals surface area (Å²) in [6.07, 6.45) is 2.21. The summed E-state index contributed by atoms with van der Waals surface area (Å²) < 4.78 is 5.98. The van der Waals surface area contributed by atoms with Crippen molar-refractivity contribution in [3.05, 3.63) is 65.7 Å². The van der Waals surface area contributed by atoms with E-state index in [0.717, 1.165) is 31.7 Å². The molecule has 0 saturated carbocycles. The molecule has 2 aromatic carbocycles. The Morgan fingerprint density at radius 2 is 1.74 bits per heavy atom. The molecule has 0 radical (unpaired) electrons. The van der Waals surface area contributed by atoms with Crippen LogP contribution in [-0.4, -0.2) is 25.1 Å². The summed E-state index contributed by atoms with van der Waals surface area (Å²) in [6.45, 7) is 4.36. The second kappa shape index (κ2) is 9.33. The van der Waals surface area contributed by atoms with Gasteiger partial charge in [0, 0.05) is 18.7 Å². The van der Waals surface area contributed by atoms with Gasteiger partial charge in [0.25, 0.3) is 0 Å². The molecule has 3 nitrogen and oxygen atoms in total. The molecule has 124 valence electrons. The molecular weight excluding hydrogens is 284 g/mol. The topological polar surface area (TPSA) is 38.5 Å². The van der Waals surface area contributed by atoms with Gasteiger partial charge in [-0.2, -0.15) is 0 Å². The average molecular weight is 312 g/mol. The molecule has 2 rings (SSSR count). The summed E-state index contributed by atoms with van der Waals surface area (Å²) in [5, 5.41) is 0. The summed E-state index contributed by atoms with van der Waals surface area (Å²) in [5.41, 5.74) is 8.55. The minimum Gasteiger partial charge on any atom is -0.493 e. The first kappa shape index (κ1) is 17.5. The lowest BCUT2D eigenvalue weighted by molar-refractivity contribution is 0.230. The molecule has 3 heteroatoms. The minimum absolute atomic E-state index is 0.146. The lowest BCUT2D eigenvalue weighted by Gasteiger charge is -2.29. The Bertz CT molecular complexity index is 571. The van der Waals surface area contributed by atoms with Gasteiger partial charge in [0.15, 0.2) is 0 Å². The van der Waals surface area contributed by atoms with Gasteiger partial charge in [-0.05, 0) is 25.1 Å². The van der Waals surface area contributed by atoms with Crippen LogP contribution in [0.15, 0.2) is 54.6 Å². The average Bonchev–Trinajstić information content (AvgIpc) is 2.58. The van der Waals surface area contributed by atoms with Crippen LogP contribution >= 0.6 is 0 Å². The lowest BCUT2D eigenvalue weighted by atomic mass is 10.0. The Morgan fingerprint density at radius 1 is 1.04 bits per heavy atom. The maximum absolute atomic E-state index is 6.09. The third-order valence-electron chi connectivity index (χ3n) is 4.06. The van der Waals surface area contributed by atoms with Crippen molar-refractivity contribution in [3.63, 3.8) is 0 Å². The Morgan fingerprint density at radius 3 is 2.43 bits per heavy atom. The third kappa shape index (κ3) is 5.08. The molecule has 0 aliphatic heterocycles. The highest BCUT2D eigenvalue weighted by Crippen LogP contribution is 2.29. The van der Waals surface area contributed by atoms with Crippen molar-refractivity contribution >= 4 is 0 Å². The van der Waals surface area contributed by atoms with Crippen LogP contribution in [0.3, 0.4) is 0 Å². The van der Waals surface area contributed by atoms with E-state index in [2.05, 4.69) is 55.3 Å². The predicted molar refractivity (Wildman–Crippen MR) is 96.5 cm³/mol. The van der Waals surface area contributed by atoms with Gasteiger partial charge in [-0.1, -0.05) is 61.9 Å². The third-order valence-corrected chi connectivity index (χ3v) is 4.06. The molecule has 0 aliphatic carbocycles. The van der Waals surface area contributed by atoms with Crippen molar-refractivity contribution < 1.29 is 4.74 Å². The van der Waals surface area contributed by atoms with Crippen LogP contribution in [0.5, 0.6) is 5.75 Å². The lowest BCUT2D eigenvalue weighted by Crippen LogP contribution is -2.30. The van der Waals surface area contributed by atoms with E-state index < -0.39 is 0 Å². The quantitative estimate of drug-likeness (QED) is 0.711.